The number of esters is 1. The van der Waals surface area contributed by atoms with E-state index in [1.807, 2.05) is 18.2 Å². The number of carbonyl (C=O) groups excluding carboxylic acids is 1. The molecule has 1 aromatic rings. The Morgan fingerprint density at radius 2 is 2.05 bits per heavy atom. The molecule has 1 N–H and O–H groups in total. The number of hydrogen-bond acceptors (Lipinski definition) is 4. The molecule has 0 bridgehead atoms. The molecule has 1 unspecified atom stereocenters. The first kappa shape index (κ1) is 17.0. The van der Waals surface area contributed by atoms with Crippen molar-refractivity contribution in [2.24, 2.45) is 0 Å². The minimum absolute atomic E-state index is 0.351. The molecule has 1 atom stereocenters. The highest BCUT2D eigenvalue weighted by Gasteiger charge is 2.19. The maximum absolute atomic E-state index is 11.7. The number of carbonyl (C=O) groups is 1. The smallest absolute Gasteiger partial charge is 0.347 e. The average molecular weight is 344 g/mol. The summed E-state index contributed by atoms with van der Waals surface area (Å²) in [6.07, 6.45) is -0.633. The van der Waals surface area contributed by atoms with Crippen molar-refractivity contribution in [2.45, 2.75) is 46.4 Å². The molecule has 0 aliphatic carbocycles. The Kier molecular flexibility index (Phi) is 7.02. The Hall–Kier alpha value is -1.07. The molecule has 20 heavy (non-hydrogen) atoms. The van der Waals surface area contributed by atoms with Crippen LogP contribution in [0.15, 0.2) is 22.7 Å². The molecule has 0 radical (unpaired) electrons. The van der Waals surface area contributed by atoms with Gasteiger partial charge in [0.2, 0.25) is 0 Å². The van der Waals surface area contributed by atoms with Gasteiger partial charge in [-0.25, -0.2) is 4.79 Å². The lowest BCUT2D eigenvalue weighted by molar-refractivity contribution is -0.150. The van der Waals surface area contributed by atoms with Gasteiger partial charge in [-0.2, -0.15) is 0 Å². The van der Waals surface area contributed by atoms with Crippen LogP contribution in [0.1, 0.15) is 33.3 Å². The van der Waals surface area contributed by atoms with Gasteiger partial charge in [-0.1, -0.05) is 26.0 Å². The molecule has 0 fully saturated rings. The van der Waals surface area contributed by atoms with E-state index in [0.717, 1.165) is 10.0 Å². The lowest BCUT2D eigenvalue weighted by Crippen LogP contribution is -2.27. The summed E-state index contributed by atoms with van der Waals surface area (Å²) in [5, 5.41) is 3.34. The number of hydrogen-bond donors (Lipinski definition) is 1. The number of halogens is 1. The summed E-state index contributed by atoms with van der Waals surface area (Å²) in [4.78, 5) is 11.7. The summed E-state index contributed by atoms with van der Waals surface area (Å²) in [7, 11) is 0. The first-order chi connectivity index (χ1) is 9.45. The highest BCUT2D eigenvalue weighted by molar-refractivity contribution is 9.10. The minimum Gasteiger partial charge on any atom is -0.478 e. The van der Waals surface area contributed by atoms with Crippen LogP contribution in [0, 0.1) is 0 Å². The second kappa shape index (κ2) is 8.27. The SMILES string of the molecule is CCOC(=O)C(C)Oc1c(Br)cccc1CNC(C)C. The second-order valence-electron chi connectivity index (χ2n) is 4.78. The summed E-state index contributed by atoms with van der Waals surface area (Å²) in [6.45, 7) is 8.67. The van der Waals surface area contributed by atoms with E-state index < -0.39 is 6.10 Å². The van der Waals surface area contributed by atoms with Crippen LogP contribution in [-0.2, 0) is 16.1 Å². The number of ether oxygens (including phenoxy) is 2. The van der Waals surface area contributed by atoms with Gasteiger partial charge in [0.1, 0.15) is 5.75 Å². The van der Waals surface area contributed by atoms with Crippen LogP contribution in [0.3, 0.4) is 0 Å². The third kappa shape index (κ3) is 5.13. The number of para-hydroxylation sites is 1. The molecule has 1 aromatic carbocycles. The van der Waals surface area contributed by atoms with Gasteiger partial charge in [0.05, 0.1) is 11.1 Å². The van der Waals surface area contributed by atoms with Crippen LogP contribution < -0.4 is 10.1 Å². The molecular formula is C15H22BrNO3. The fraction of sp³-hybridized carbons (Fsp3) is 0.533. The summed E-state index contributed by atoms with van der Waals surface area (Å²) in [6, 6.07) is 6.20. The highest BCUT2D eigenvalue weighted by atomic mass is 79.9. The molecule has 112 valence electrons. The maximum atomic E-state index is 11.7. The van der Waals surface area contributed by atoms with Crippen LogP contribution in [0.5, 0.6) is 5.75 Å². The predicted octanol–water partition coefficient (Wildman–Crippen LogP) is 3.28. The normalized spacial score (nSPS) is 12.3. The van der Waals surface area contributed by atoms with E-state index in [-0.39, 0.29) is 5.97 Å². The Labute approximate surface area is 129 Å². The van der Waals surface area contributed by atoms with Crippen molar-refractivity contribution in [1.82, 2.24) is 5.32 Å². The fourth-order valence-electron chi connectivity index (χ4n) is 1.62. The third-order valence-electron chi connectivity index (χ3n) is 2.66. The van der Waals surface area contributed by atoms with Crippen LogP contribution in [-0.4, -0.2) is 24.7 Å². The quantitative estimate of drug-likeness (QED) is 0.771. The molecule has 0 saturated heterocycles. The molecule has 1 rings (SSSR count). The Bertz CT molecular complexity index is 449. The highest BCUT2D eigenvalue weighted by Crippen LogP contribution is 2.30. The lowest BCUT2D eigenvalue weighted by Gasteiger charge is -2.18. The topological polar surface area (TPSA) is 47.6 Å². The van der Waals surface area contributed by atoms with Crippen LogP contribution in [0.2, 0.25) is 0 Å². The molecular weight excluding hydrogens is 322 g/mol. The Balaban J connectivity index is 2.84. The zero-order valence-corrected chi connectivity index (χ0v) is 14.0. The second-order valence-corrected chi connectivity index (χ2v) is 5.63. The molecule has 0 aromatic heterocycles. The lowest BCUT2D eigenvalue weighted by atomic mass is 10.2. The van der Waals surface area contributed by atoms with Gasteiger partial charge < -0.3 is 14.8 Å². The zero-order valence-electron chi connectivity index (χ0n) is 12.4. The first-order valence-electron chi connectivity index (χ1n) is 6.79. The van der Waals surface area contributed by atoms with Crippen molar-refractivity contribution < 1.29 is 14.3 Å². The number of benzene rings is 1. The molecule has 0 aliphatic rings. The van der Waals surface area contributed by atoms with Gasteiger partial charge in [0.25, 0.3) is 0 Å². The van der Waals surface area contributed by atoms with E-state index in [4.69, 9.17) is 9.47 Å². The zero-order chi connectivity index (χ0) is 15.1. The molecule has 0 amide bonds. The van der Waals surface area contributed by atoms with Gasteiger partial charge in [0.15, 0.2) is 6.10 Å². The fourth-order valence-corrected chi connectivity index (χ4v) is 2.12. The summed E-state index contributed by atoms with van der Waals surface area (Å²) in [5.74, 6) is 0.326. The largest absolute Gasteiger partial charge is 0.478 e. The van der Waals surface area contributed by atoms with Crippen molar-refractivity contribution in [3.8, 4) is 5.75 Å². The van der Waals surface area contributed by atoms with Crippen molar-refractivity contribution in [1.29, 1.82) is 0 Å². The minimum atomic E-state index is -0.633. The average Bonchev–Trinajstić information content (AvgIpc) is 2.39. The van der Waals surface area contributed by atoms with Gasteiger partial charge >= 0.3 is 5.97 Å². The number of rotatable bonds is 7. The molecule has 4 nitrogen and oxygen atoms in total. The van der Waals surface area contributed by atoms with Gasteiger partial charge in [-0.3, -0.25) is 0 Å². The van der Waals surface area contributed by atoms with Gasteiger partial charge in [0, 0.05) is 18.2 Å². The predicted molar refractivity (Wildman–Crippen MR) is 82.8 cm³/mol. The maximum Gasteiger partial charge on any atom is 0.347 e. The molecule has 0 spiro atoms. The summed E-state index contributed by atoms with van der Waals surface area (Å²) in [5.41, 5.74) is 1.00. The van der Waals surface area contributed by atoms with Crippen LogP contribution in [0.4, 0.5) is 0 Å². The summed E-state index contributed by atoms with van der Waals surface area (Å²) < 4.78 is 11.6. The monoisotopic (exact) mass is 343 g/mol. The number of nitrogens with one attached hydrogen (secondary N) is 1. The Morgan fingerprint density at radius 3 is 2.65 bits per heavy atom. The van der Waals surface area contributed by atoms with Crippen molar-refractivity contribution >= 4 is 21.9 Å². The third-order valence-corrected chi connectivity index (χ3v) is 3.29. The van der Waals surface area contributed by atoms with Crippen molar-refractivity contribution in [3.05, 3.63) is 28.2 Å². The van der Waals surface area contributed by atoms with E-state index in [9.17, 15) is 4.79 Å². The van der Waals surface area contributed by atoms with Crippen LogP contribution >= 0.6 is 15.9 Å². The molecule has 0 heterocycles. The molecule has 5 heteroatoms. The van der Waals surface area contributed by atoms with Gasteiger partial charge in [-0.05, 0) is 35.8 Å². The molecule has 0 aliphatic heterocycles. The van der Waals surface area contributed by atoms with E-state index in [0.29, 0.717) is 24.9 Å². The van der Waals surface area contributed by atoms with E-state index in [1.165, 1.54) is 0 Å². The van der Waals surface area contributed by atoms with E-state index in [1.54, 1.807) is 13.8 Å². The summed E-state index contributed by atoms with van der Waals surface area (Å²) >= 11 is 3.47. The van der Waals surface area contributed by atoms with Crippen molar-refractivity contribution in [2.75, 3.05) is 6.61 Å². The van der Waals surface area contributed by atoms with Gasteiger partial charge in [-0.15, -0.1) is 0 Å². The van der Waals surface area contributed by atoms with E-state index >= 15 is 0 Å². The Morgan fingerprint density at radius 1 is 1.35 bits per heavy atom. The standard InChI is InChI=1S/C15H22BrNO3/c1-5-19-15(18)11(4)20-14-12(9-17-10(2)3)7-6-8-13(14)16/h6-8,10-11,17H,5,9H2,1-4H3. The first-order valence-corrected chi connectivity index (χ1v) is 7.59. The van der Waals surface area contributed by atoms with Crippen LogP contribution in [0.25, 0.3) is 0 Å². The molecule has 0 saturated carbocycles. The van der Waals surface area contributed by atoms with Crippen molar-refractivity contribution in [3.63, 3.8) is 0 Å². The van der Waals surface area contributed by atoms with E-state index in [2.05, 4.69) is 35.1 Å².